The summed E-state index contributed by atoms with van der Waals surface area (Å²) in [7, 11) is 3.45. The van der Waals surface area contributed by atoms with Crippen molar-refractivity contribution in [3.63, 3.8) is 0 Å². The quantitative estimate of drug-likeness (QED) is 0.566. The van der Waals surface area contributed by atoms with E-state index in [0.717, 1.165) is 16.5 Å². The number of aliphatic hydroxyl groups is 1. The molecule has 3 aromatic rings. The molecule has 0 aliphatic heterocycles. The SMILES string of the molecule is COc1cccc(CNC(=O)C(=O)NCC(O)c2cn(C)c3ccccc23)c1. The fourth-order valence-electron chi connectivity index (χ4n) is 3.06. The standard InChI is InChI=1S/C21H23N3O4/c1-24-13-17(16-8-3-4-9-18(16)24)19(25)12-23-21(27)20(26)22-11-14-6-5-7-15(10-14)28-2/h3-10,13,19,25H,11-12H2,1-2H3,(H,22,26)(H,23,27). The highest BCUT2D eigenvalue weighted by Gasteiger charge is 2.18. The zero-order valence-corrected chi connectivity index (χ0v) is 15.8. The summed E-state index contributed by atoms with van der Waals surface area (Å²) in [6, 6.07) is 14.9. The summed E-state index contributed by atoms with van der Waals surface area (Å²) in [6.45, 7) is 0.148. The van der Waals surface area contributed by atoms with E-state index in [-0.39, 0.29) is 13.1 Å². The van der Waals surface area contributed by atoms with Gasteiger partial charge < -0.3 is 25.0 Å². The average Bonchev–Trinajstić information content (AvgIpc) is 3.07. The molecular weight excluding hydrogens is 358 g/mol. The van der Waals surface area contributed by atoms with Crippen LogP contribution in [0.4, 0.5) is 0 Å². The van der Waals surface area contributed by atoms with E-state index in [1.807, 2.05) is 48.1 Å². The number of nitrogens with zero attached hydrogens (tertiary/aromatic N) is 1. The summed E-state index contributed by atoms with van der Waals surface area (Å²) in [6.07, 6.45) is 0.908. The molecule has 0 spiro atoms. The Bertz CT molecular complexity index is 996. The number of aryl methyl sites for hydroxylation is 1. The topological polar surface area (TPSA) is 92.6 Å². The molecule has 0 bridgehead atoms. The van der Waals surface area contributed by atoms with Crippen molar-refractivity contribution in [2.24, 2.45) is 7.05 Å². The number of carbonyl (C=O) groups is 2. The molecule has 7 heteroatoms. The van der Waals surface area contributed by atoms with E-state index in [2.05, 4.69) is 10.6 Å². The summed E-state index contributed by atoms with van der Waals surface area (Å²) in [4.78, 5) is 24.0. The molecule has 3 rings (SSSR count). The molecule has 1 unspecified atom stereocenters. The lowest BCUT2D eigenvalue weighted by Crippen LogP contribution is -2.41. The maximum Gasteiger partial charge on any atom is 0.309 e. The molecule has 1 atom stereocenters. The second-order valence-electron chi connectivity index (χ2n) is 6.47. The van der Waals surface area contributed by atoms with Crippen molar-refractivity contribution >= 4 is 22.7 Å². The van der Waals surface area contributed by atoms with Crippen molar-refractivity contribution in [3.8, 4) is 5.75 Å². The van der Waals surface area contributed by atoms with Crippen LogP contribution in [0.2, 0.25) is 0 Å². The lowest BCUT2D eigenvalue weighted by Gasteiger charge is -2.12. The highest BCUT2D eigenvalue weighted by atomic mass is 16.5. The number of aromatic nitrogens is 1. The molecule has 146 valence electrons. The van der Waals surface area contributed by atoms with E-state index >= 15 is 0 Å². The number of hydrogen-bond acceptors (Lipinski definition) is 4. The number of rotatable bonds is 6. The normalized spacial score (nSPS) is 11.8. The minimum Gasteiger partial charge on any atom is -0.497 e. The number of nitrogens with one attached hydrogen (secondary N) is 2. The number of amides is 2. The molecular formula is C21H23N3O4. The maximum absolute atomic E-state index is 12.0. The molecule has 0 fully saturated rings. The van der Waals surface area contributed by atoms with Crippen molar-refractivity contribution < 1.29 is 19.4 Å². The van der Waals surface area contributed by atoms with Gasteiger partial charge in [0.1, 0.15) is 5.75 Å². The lowest BCUT2D eigenvalue weighted by atomic mass is 10.1. The Morgan fingerprint density at radius 1 is 1.11 bits per heavy atom. The van der Waals surface area contributed by atoms with Gasteiger partial charge in [0.25, 0.3) is 0 Å². The summed E-state index contributed by atoms with van der Waals surface area (Å²) < 4.78 is 7.04. The minimum atomic E-state index is -0.916. The van der Waals surface area contributed by atoms with Crippen molar-refractivity contribution in [1.29, 1.82) is 0 Å². The van der Waals surface area contributed by atoms with Crippen LogP contribution in [0.25, 0.3) is 10.9 Å². The Morgan fingerprint density at radius 2 is 1.86 bits per heavy atom. The van der Waals surface area contributed by atoms with Crippen LogP contribution in [0.15, 0.2) is 54.7 Å². The molecule has 0 saturated carbocycles. The second-order valence-corrected chi connectivity index (χ2v) is 6.47. The van der Waals surface area contributed by atoms with Crippen LogP contribution < -0.4 is 15.4 Å². The van der Waals surface area contributed by atoms with E-state index in [4.69, 9.17) is 4.74 Å². The molecule has 0 radical (unpaired) electrons. The molecule has 0 saturated heterocycles. The number of fused-ring (bicyclic) bond motifs is 1. The van der Waals surface area contributed by atoms with E-state index in [9.17, 15) is 14.7 Å². The first-order valence-corrected chi connectivity index (χ1v) is 8.90. The smallest absolute Gasteiger partial charge is 0.309 e. The van der Waals surface area contributed by atoms with Crippen molar-refractivity contribution in [2.45, 2.75) is 12.6 Å². The van der Waals surface area contributed by atoms with Crippen LogP contribution in [0, 0.1) is 0 Å². The fraction of sp³-hybridized carbons (Fsp3) is 0.238. The van der Waals surface area contributed by atoms with Crippen molar-refractivity contribution in [3.05, 3.63) is 65.9 Å². The van der Waals surface area contributed by atoms with Gasteiger partial charge in [-0.05, 0) is 23.8 Å². The number of methoxy groups -OCH3 is 1. The number of ether oxygens (including phenoxy) is 1. The zero-order valence-electron chi connectivity index (χ0n) is 15.8. The first-order valence-electron chi connectivity index (χ1n) is 8.90. The van der Waals surface area contributed by atoms with Crippen LogP contribution in [0.3, 0.4) is 0 Å². The molecule has 0 aliphatic carbocycles. The van der Waals surface area contributed by atoms with Crippen LogP contribution in [0.5, 0.6) is 5.75 Å². The van der Waals surface area contributed by atoms with Gasteiger partial charge in [-0.1, -0.05) is 30.3 Å². The van der Waals surface area contributed by atoms with Crippen LogP contribution >= 0.6 is 0 Å². The van der Waals surface area contributed by atoms with Gasteiger partial charge >= 0.3 is 11.8 Å². The second kappa shape index (κ2) is 8.58. The third kappa shape index (κ3) is 4.32. The van der Waals surface area contributed by atoms with E-state index in [0.29, 0.717) is 11.3 Å². The lowest BCUT2D eigenvalue weighted by molar-refractivity contribution is -0.139. The average molecular weight is 381 g/mol. The van der Waals surface area contributed by atoms with Gasteiger partial charge in [0.2, 0.25) is 0 Å². The number of aliphatic hydroxyl groups excluding tert-OH is 1. The van der Waals surface area contributed by atoms with Crippen LogP contribution in [0.1, 0.15) is 17.2 Å². The third-order valence-corrected chi connectivity index (χ3v) is 4.54. The predicted molar refractivity (Wildman–Crippen MR) is 106 cm³/mol. The van der Waals surface area contributed by atoms with Crippen molar-refractivity contribution in [1.82, 2.24) is 15.2 Å². The maximum atomic E-state index is 12.0. The Morgan fingerprint density at radius 3 is 2.64 bits per heavy atom. The summed E-state index contributed by atoms with van der Waals surface area (Å²) in [5, 5.41) is 16.4. The van der Waals surface area contributed by atoms with Gasteiger partial charge in [-0.3, -0.25) is 9.59 Å². The van der Waals surface area contributed by atoms with E-state index < -0.39 is 17.9 Å². The predicted octanol–water partition coefficient (Wildman–Crippen LogP) is 1.65. The van der Waals surface area contributed by atoms with Gasteiger partial charge in [-0.2, -0.15) is 0 Å². The Balaban J connectivity index is 1.54. The molecule has 28 heavy (non-hydrogen) atoms. The molecule has 2 aromatic carbocycles. The van der Waals surface area contributed by atoms with Gasteiger partial charge in [0.15, 0.2) is 0 Å². The summed E-state index contributed by atoms with van der Waals surface area (Å²) in [5.41, 5.74) is 2.50. The number of para-hydroxylation sites is 1. The molecule has 2 amide bonds. The first kappa shape index (κ1) is 19.4. The molecule has 0 aliphatic rings. The van der Waals surface area contributed by atoms with E-state index in [1.54, 1.807) is 25.3 Å². The zero-order chi connectivity index (χ0) is 20.1. The fourth-order valence-corrected chi connectivity index (χ4v) is 3.06. The Kier molecular flexibility index (Phi) is 5.96. The molecule has 1 aromatic heterocycles. The van der Waals surface area contributed by atoms with Crippen LogP contribution in [-0.4, -0.2) is 35.1 Å². The molecule has 1 heterocycles. The number of carbonyl (C=O) groups excluding carboxylic acids is 2. The number of hydrogen-bond donors (Lipinski definition) is 3. The van der Waals surface area contributed by atoms with Gasteiger partial charge in [0, 0.05) is 42.8 Å². The Labute approximate surface area is 162 Å². The van der Waals surface area contributed by atoms with E-state index in [1.165, 1.54) is 0 Å². The summed E-state index contributed by atoms with van der Waals surface area (Å²) in [5.74, 6) is -0.871. The number of benzene rings is 2. The largest absolute Gasteiger partial charge is 0.497 e. The van der Waals surface area contributed by atoms with Crippen LogP contribution in [-0.2, 0) is 23.2 Å². The van der Waals surface area contributed by atoms with Gasteiger partial charge in [-0.15, -0.1) is 0 Å². The Hall–Kier alpha value is -3.32. The van der Waals surface area contributed by atoms with Gasteiger partial charge in [-0.25, -0.2) is 0 Å². The highest BCUT2D eigenvalue weighted by Crippen LogP contribution is 2.25. The molecule has 3 N–H and O–H groups in total. The first-order chi connectivity index (χ1) is 13.5. The van der Waals surface area contributed by atoms with Crippen molar-refractivity contribution in [2.75, 3.05) is 13.7 Å². The summed E-state index contributed by atoms with van der Waals surface area (Å²) >= 11 is 0. The third-order valence-electron chi connectivity index (χ3n) is 4.54. The van der Waals surface area contributed by atoms with Gasteiger partial charge in [0.05, 0.1) is 13.2 Å². The molecule has 7 nitrogen and oxygen atoms in total. The minimum absolute atomic E-state index is 0.0561. The monoisotopic (exact) mass is 381 g/mol. The highest BCUT2D eigenvalue weighted by molar-refractivity contribution is 6.35.